The minimum Gasteiger partial charge on any atom is -0.494 e. The molecule has 2 rings (SSSR count). The van der Waals surface area contributed by atoms with Gasteiger partial charge in [-0.3, -0.25) is 0 Å². The van der Waals surface area contributed by atoms with Gasteiger partial charge in [0.15, 0.2) is 11.6 Å². The summed E-state index contributed by atoms with van der Waals surface area (Å²) in [5.41, 5.74) is 2.97. The summed E-state index contributed by atoms with van der Waals surface area (Å²) in [6.07, 6.45) is 0.920. The molecule has 0 bridgehead atoms. The Labute approximate surface area is 126 Å². The molecule has 0 spiro atoms. The van der Waals surface area contributed by atoms with Crippen LogP contribution < -0.4 is 10.1 Å². The van der Waals surface area contributed by atoms with E-state index in [-0.39, 0.29) is 17.6 Å². The Kier molecular flexibility index (Phi) is 5.34. The van der Waals surface area contributed by atoms with E-state index in [4.69, 9.17) is 4.74 Å². The molecule has 0 aromatic heterocycles. The van der Waals surface area contributed by atoms with E-state index in [1.807, 2.05) is 31.2 Å². The van der Waals surface area contributed by atoms with E-state index in [0.717, 1.165) is 18.5 Å². The van der Waals surface area contributed by atoms with Gasteiger partial charge in [-0.25, -0.2) is 4.39 Å². The van der Waals surface area contributed by atoms with E-state index >= 15 is 0 Å². The van der Waals surface area contributed by atoms with Crippen LogP contribution in [0.2, 0.25) is 0 Å². The number of ether oxygens (including phenoxy) is 1. The van der Waals surface area contributed by atoms with E-state index in [2.05, 4.69) is 24.4 Å². The molecule has 0 saturated heterocycles. The van der Waals surface area contributed by atoms with Crippen molar-refractivity contribution >= 4 is 0 Å². The van der Waals surface area contributed by atoms with Crippen LogP contribution in [0.3, 0.4) is 0 Å². The Morgan fingerprint density at radius 2 is 1.76 bits per heavy atom. The smallest absolute Gasteiger partial charge is 0.170 e. The van der Waals surface area contributed by atoms with E-state index < -0.39 is 0 Å². The van der Waals surface area contributed by atoms with Crippen LogP contribution in [0.25, 0.3) is 0 Å². The maximum absolute atomic E-state index is 14.6. The SMILES string of the molecule is CCNC(c1ccccc1CC)c1cccc(OC)c1F. The Morgan fingerprint density at radius 3 is 2.43 bits per heavy atom. The molecule has 0 aliphatic carbocycles. The third-order valence-corrected chi connectivity index (χ3v) is 3.68. The van der Waals surface area contributed by atoms with Gasteiger partial charge in [-0.1, -0.05) is 50.2 Å². The second kappa shape index (κ2) is 7.23. The minimum absolute atomic E-state index is 0.166. The first-order valence-corrected chi connectivity index (χ1v) is 7.36. The molecule has 2 aromatic rings. The number of benzene rings is 2. The lowest BCUT2D eigenvalue weighted by Gasteiger charge is -2.22. The highest BCUT2D eigenvalue weighted by atomic mass is 19.1. The van der Waals surface area contributed by atoms with Gasteiger partial charge in [0.2, 0.25) is 0 Å². The van der Waals surface area contributed by atoms with Crippen molar-refractivity contribution in [3.63, 3.8) is 0 Å². The van der Waals surface area contributed by atoms with E-state index in [9.17, 15) is 4.39 Å². The van der Waals surface area contributed by atoms with Crippen molar-refractivity contribution in [2.24, 2.45) is 0 Å². The quantitative estimate of drug-likeness (QED) is 0.864. The molecular weight excluding hydrogens is 265 g/mol. The second-order valence-corrected chi connectivity index (χ2v) is 4.91. The highest BCUT2D eigenvalue weighted by Crippen LogP contribution is 2.31. The molecule has 1 N–H and O–H groups in total. The molecule has 0 aliphatic rings. The van der Waals surface area contributed by atoms with Crippen LogP contribution in [0.1, 0.15) is 36.6 Å². The average Bonchev–Trinajstić information content (AvgIpc) is 2.53. The first-order valence-electron chi connectivity index (χ1n) is 7.36. The van der Waals surface area contributed by atoms with Gasteiger partial charge in [-0.05, 0) is 30.2 Å². The lowest BCUT2D eigenvalue weighted by Crippen LogP contribution is -2.24. The van der Waals surface area contributed by atoms with Gasteiger partial charge in [-0.15, -0.1) is 0 Å². The number of nitrogens with one attached hydrogen (secondary N) is 1. The Bertz CT molecular complexity index is 598. The fraction of sp³-hybridized carbons (Fsp3) is 0.333. The zero-order chi connectivity index (χ0) is 15.2. The van der Waals surface area contributed by atoms with Crippen molar-refractivity contribution in [2.75, 3.05) is 13.7 Å². The van der Waals surface area contributed by atoms with Gasteiger partial charge in [0, 0.05) is 5.56 Å². The van der Waals surface area contributed by atoms with Crippen molar-refractivity contribution in [2.45, 2.75) is 26.3 Å². The molecule has 1 atom stereocenters. The van der Waals surface area contributed by atoms with Gasteiger partial charge in [0.25, 0.3) is 0 Å². The molecule has 2 aromatic carbocycles. The van der Waals surface area contributed by atoms with Crippen molar-refractivity contribution in [1.82, 2.24) is 5.32 Å². The zero-order valence-corrected chi connectivity index (χ0v) is 12.8. The Hall–Kier alpha value is -1.87. The molecule has 3 heteroatoms. The Balaban J connectivity index is 2.53. The van der Waals surface area contributed by atoms with Crippen molar-refractivity contribution in [3.8, 4) is 5.75 Å². The van der Waals surface area contributed by atoms with Crippen LogP contribution >= 0.6 is 0 Å². The minimum atomic E-state index is -0.295. The van der Waals surface area contributed by atoms with Crippen molar-refractivity contribution < 1.29 is 9.13 Å². The number of hydrogen-bond donors (Lipinski definition) is 1. The maximum Gasteiger partial charge on any atom is 0.170 e. The predicted molar refractivity (Wildman–Crippen MR) is 84.3 cm³/mol. The molecule has 1 unspecified atom stereocenters. The highest BCUT2D eigenvalue weighted by molar-refractivity contribution is 5.41. The first-order chi connectivity index (χ1) is 10.2. The lowest BCUT2D eigenvalue weighted by molar-refractivity contribution is 0.381. The molecule has 0 aliphatic heterocycles. The van der Waals surface area contributed by atoms with Crippen LogP contribution in [0.4, 0.5) is 4.39 Å². The topological polar surface area (TPSA) is 21.3 Å². The van der Waals surface area contributed by atoms with Crippen LogP contribution in [-0.4, -0.2) is 13.7 Å². The monoisotopic (exact) mass is 287 g/mol. The molecule has 0 heterocycles. The van der Waals surface area contributed by atoms with Crippen LogP contribution in [-0.2, 0) is 6.42 Å². The third-order valence-electron chi connectivity index (χ3n) is 3.68. The van der Waals surface area contributed by atoms with E-state index in [1.165, 1.54) is 12.7 Å². The van der Waals surface area contributed by atoms with Gasteiger partial charge in [0.1, 0.15) is 0 Å². The normalized spacial score (nSPS) is 12.2. The van der Waals surface area contributed by atoms with Gasteiger partial charge in [-0.2, -0.15) is 0 Å². The number of methoxy groups -OCH3 is 1. The van der Waals surface area contributed by atoms with Gasteiger partial charge in [0.05, 0.1) is 13.2 Å². The summed E-state index contributed by atoms with van der Waals surface area (Å²) in [4.78, 5) is 0. The summed E-state index contributed by atoms with van der Waals surface area (Å²) >= 11 is 0. The van der Waals surface area contributed by atoms with Crippen LogP contribution in [0.5, 0.6) is 5.75 Å². The summed E-state index contributed by atoms with van der Waals surface area (Å²) in [5.74, 6) is -0.0127. The van der Waals surface area contributed by atoms with Gasteiger partial charge < -0.3 is 10.1 Å². The fourth-order valence-electron chi connectivity index (χ4n) is 2.64. The summed E-state index contributed by atoms with van der Waals surface area (Å²) in [6, 6.07) is 13.3. The second-order valence-electron chi connectivity index (χ2n) is 4.91. The standard InChI is InChI=1S/C18H22FNO/c1-4-13-9-6-7-10-14(13)18(20-5-2)15-11-8-12-16(21-3)17(15)19/h6-12,18,20H,4-5H2,1-3H3. The average molecular weight is 287 g/mol. The van der Waals surface area contributed by atoms with Crippen molar-refractivity contribution in [3.05, 3.63) is 65.0 Å². The van der Waals surface area contributed by atoms with Crippen LogP contribution in [0.15, 0.2) is 42.5 Å². The largest absolute Gasteiger partial charge is 0.494 e. The van der Waals surface area contributed by atoms with Gasteiger partial charge >= 0.3 is 0 Å². The van der Waals surface area contributed by atoms with Crippen molar-refractivity contribution in [1.29, 1.82) is 0 Å². The van der Waals surface area contributed by atoms with E-state index in [0.29, 0.717) is 5.56 Å². The molecule has 2 nitrogen and oxygen atoms in total. The third kappa shape index (κ3) is 3.24. The zero-order valence-electron chi connectivity index (χ0n) is 12.8. The van der Waals surface area contributed by atoms with E-state index in [1.54, 1.807) is 6.07 Å². The number of rotatable bonds is 6. The highest BCUT2D eigenvalue weighted by Gasteiger charge is 2.21. The maximum atomic E-state index is 14.6. The first kappa shape index (κ1) is 15.5. The Morgan fingerprint density at radius 1 is 1.05 bits per heavy atom. The fourth-order valence-corrected chi connectivity index (χ4v) is 2.64. The molecule has 0 saturated carbocycles. The summed E-state index contributed by atoms with van der Waals surface area (Å²) in [6.45, 7) is 4.91. The number of halogens is 1. The summed E-state index contributed by atoms with van der Waals surface area (Å²) in [5, 5.41) is 3.39. The summed E-state index contributed by atoms with van der Waals surface area (Å²) < 4.78 is 19.7. The molecule has 0 radical (unpaired) electrons. The molecule has 112 valence electrons. The molecule has 0 amide bonds. The predicted octanol–water partition coefficient (Wildman–Crippen LogP) is 4.10. The summed E-state index contributed by atoms with van der Waals surface area (Å²) in [7, 11) is 1.49. The molecule has 0 fully saturated rings. The molecule has 21 heavy (non-hydrogen) atoms. The lowest BCUT2D eigenvalue weighted by atomic mass is 9.92. The van der Waals surface area contributed by atoms with Crippen LogP contribution in [0, 0.1) is 5.82 Å². The number of hydrogen-bond acceptors (Lipinski definition) is 2. The molecular formula is C18H22FNO. The number of aryl methyl sites for hydroxylation is 1.